The molecule has 2 aromatic carbocycles. The van der Waals surface area contributed by atoms with E-state index in [9.17, 15) is 23.2 Å². The van der Waals surface area contributed by atoms with Crippen LogP contribution < -0.4 is 5.32 Å². The second-order valence-electron chi connectivity index (χ2n) is 7.58. The fourth-order valence-corrected chi connectivity index (χ4v) is 2.59. The first-order valence-corrected chi connectivity index (χ1v) is 9.16. The zero-order valence-electron chi connectivity index (χ0n) is 17.1. The Labute approximate surface area is 173 Å². The van der Waals surface area contributed by atoms with Gasteiger partial charge in [0.25, 0.3) is 5.91 Å². The summed E-state index contributed by atoms with van der Waals surface area (Å²) in [6.45, 7) is 5.27. The fourth-order valence-electron chi connectivity index (χ4n) is 2.59. The van der Waals surface area contributed by atoms with Crippen LogP contribution in [0.1, 0.15) is 47.1 Å². The molecule has 0 saturated heterocycles. The van der Waals surface area contributed by atoms with Gasteiger partial charge in [0.05, 0.1) is 18.2 Å². The van der Waals surface area contributed by atoms with Gasteiger partial charge in [0, 0.05) is 12.5 Å². The predicted molar refractivity (Wildman–Crippen MR) is 105 cm³/mol. The molecule has 160 valence electrons. The number of amides is 1. The molecular formula is C22H23F2NO5. The lowest BCUT2D eigenvalue weighted by Gasteiger charge is -2.20. The summed E-state index contributed by atoms with van der Waals surface area (Å²) in [6.07, 6.45) is 0.0375. The van der Waals surface area contributed by atoms with Gasteiger partial charge in [-0.1, -0.05) is 12.1 Å². The fraction of sp³-hybridized carbons (Fsp3) is 0.318. The number of carbonyl (C=O) groups is 3. The molecule has 0 spiro atoms. The van der Waals surface area contributed by atoms with Crippen molar-refractivity contribution in [3.63, 3.8) is 0 Å². The summed E-state index contributed by atoms with van der Waals surface area (Å²) < 4.78 is 36.9. The van der Waals surface area contributed by atoms with Crippen LogP contribution in [0.15, 0.2) is 42.5 Å². The van der Waals surface area contributed by atoms with Crippen molar-refractivity contribution in [1.82, 2.24) is 5.32 Å². The predicted octanol–water partition coefficient (Wildman–Crippen LogP) is 3.43. The summed E-state index contributed by atoms with van der Waals surface area (Å²) in [4.78, 5) is 36.5. The van der Waals surface area contributed by atoms with E-state index < -0.39 is 46.7 Å². The Morgan fingerprint density at radius 1 is 1.03 bits per heavy atom. The number of carbonyl (C=O) groups excluding carboxylic acids is 3. The monoisotopic (exact) mass is 419 g/mol. The molecule has 2 aromatic rings. The molecule has 8 heteroatoms. The number of methoxy groups -OCH3 is 1. The average molecular weight is 419 g/mol. The SMILES string of the molecule is COC(=O)[C@@H](Cc1ccc(C(=O)OC(C)(C)C)cc1)NC(=O)c1ccc(F)cc1F. The van der Waals surface area contributed by atoms with Gasteiger partial charge in [-0.3, -0.25) is 4.79 Å². The lowest BCUT2D eigenvalue weighted by Crippen LogP contribution is -2.43. The van der Waals surface area contributed by atoms with Crippen LogP contribution in [0.2, 0.25) is 0 Å². The topological polar surface area (TPSA) is 81.7 Å². The molecule has 1 N–H and O–H groups in total. The zero-order chi connectivity index (χ0) is 22.5. The van der Waals surface area contributed by atoms with Crippen LogP contribution in [0, 0.1) is 11.6 Å². The van der Waals surface area contributed by atoms with E-state index in [4.69, 9.17) is 9.47 Å². The molecule has 0 fully saturated rings. The maximum Gasteiger partial charge on any atom is 0.338 e. The highest BCUT2D eigenvalue weighted by Gasteiger charge is 2.24. The maximum absolute atomic E-state index is 13.8. The Balaban J connectivity index is 2.14. The van der Waals surface area contributed by atoms with Gasteiger partial charge >= 0.3 is 11.9 Å². The molecule has 0 heterocycles. The van der Waals surface area contributed by atoms with Gasteiger partial charge in [-0.25, -0.2) is 18.4 Å². The van der Waals surface area contributed by atoms with Crippen molar-refractivity contribution in [2.45, 2.75) is 38.8 Å². The highest BCUT2D eigenvalue weighted by molar-refractivity contribution is 5.97. The first-order chi connectivity index (χ1) is 14.0. The number of esters is 2. The Morgan fingerprint density at radius 2 is 1.67 bits per heavy atom. The largest absolute Gasteiger partial charge is 0.467 e. The summed E-state index contributed by atoms with van der Waals surface area (Å²) in [5.74, 6) is -3.97. The number of ether oxygens (including phenoxy) is 2. The van der Waals surface area contributed by atoms with Crippen molar-refractivity contribution >= 4 is 17.8 Å². The summed E-state index contributed by atoms with van der Waals surface area (Å²) in [5, 5.41) is 2.39. The number of halogens is 2. The minimum absolute atomic E-state index is 0.0375. The minimum atomic E-state index is -1.11. The van der Waals surface area contributed by atoms with Crippen molar-refractivity contribution in [3.8, 4) is 0 Å². The number of hydrogen-bond acceptors (Lipinski definition) is 5. The third kappa shape index (κ3) is 6.37. The second kappa shape index (κ2) is 9.47. The molecule has 2 rings (SSSR count). The average Bonchev–Trinajstić information content (AvgIpc) is 2.65. The standard InChI is InChI=1S/C22H23F2NO5/c1-22(2,3)30-20(27)14-7-5-13(6-8-14)11-18(21(28)29-4)25-19(26)16-10-9-15(23)12-17(16)24/h5-10,12,18H,11H2,1-4H3,(H,25,26)/t18-/m1/s1. The van der Waals surface area contributed by atoms with Crippen molar-refractivity contribution in [2.75, 3.05) is 7.11 Å². The number of hydrogen-bond donors (Lipinski definition) is 1. The third-order valence-corrected chi connectivity index (χ3v) is 4.00. The Morgan fingerprint density at radius 3 is 2.20 bits per heavy atom. The van der Waals surface area contributed by atoms with Crippen LogP contribution >= 0.6 is 0 Å². The van der Waals surface area contributed by atoms with Gasteiger partial charge in [0.15, 0.2) is 0 Å². The molecule has 30 heavy (non-hydrogen) atoms. The molecule has 0 aromatic heterocycles. The smallest absolute Gasteiger partial charge is 0.338 e. The van der Waals surface area contributed by atoms with E-state index in [1.165, 1.54) is 0 Å². The van der Waals surface area contributed by atoms with Crippen molar-refractivity contribution in [1.29, 1.82) is 0 Å². The van der Waals surface area contributed by atoms with Crippen molar-refractivity contribution in [3.05, 3.63) is 70.8 Å². The normalized spacial score (nSPS) is 12.1. The molecule has 0 aliphatic carbocycles. The number of nitrogens with one attached hydrogen (secondary N) is 1. The summed E-state index contributed by atoms with van der Waals surface area (Å²) >= 11 is 0. The molecule has 6 nitrogen and oxygen atoms in total. The van der Waals surface area contributed by atoms with Crippen molar-refractivity contribution in [2.24, 2.45) is 0 Å². The van der Waals surface area contributed by atoms with E-state index >= 15 is 0 Å². The minimum Gasteiger partial charge on any atom is -0.467 e. The molecular weight excluding hydrogens is 396 g/mol. The van der Waals surface area contributed by atoms with Crippen LogP contribution in [0.3, 0.4) is 0 Å². The van der Waals surface area contributed by atoms with Crippen LogP contribution in [-0.4, -0.2) is 36.6 Å². The van der Waals surface area contributed by atoms with Gasteiger partial charge in [-0.05, 0) is 50.6 Å². The quantitative estimate of drug-likeness (QED) is 0.726. The first kappa shape index (κ1) is 23.0. The number of benzene rings is 2. The van der Waals surface area contributed by atoms with Gasteiger partial charge in [-0.15, -0.1) is 0 Å². The zero-order valence-corrected chi connectivity index (χ0v) is 17.1. The second-order valence-corrected chi connectivity index (χ2v) is 7.58. The highest BCUT2D eigenvalue weighted by Crippen LogP contribution is 2.15. The summed E-state index contributed by atoms with van der Waals surface area (Å²) in [5.41, 5.74) is -0.0741. The lowest BCUT2D eigenvalue weighted by molar-refractivity contribution is -0.142. The Kier molecular flexibility index (Phi) is 7.26. The molecule has 1 amide bonds. The van der Waals surface area contributed by atoms with E-state index in [2.05, 4.69) is 5.32 Å². The van der Waals surface area contributed by atoms with Crippen LogP contribution in [0.5, 0.6) is 0 Å². The highest BCUT2D eigenvalue weighted by atomic mass is 19.1. The Hall–Kier alpha value is -3.29. The van der Waals surface area contributed by atoms with Crippen LogP contribution in [0.25, 0.3) is 0 Å². The molecule has 1 atom stereocenters. The molecule has 0 unspecified atom stereocenters. The Bertz CT molecular complexity index is 936. The summed E-state index contributed by atoms with van der Waals surface area (Å²) in [7, 11) is 1.16. The van der Waals surface area contributed by atoms with E-state index in [1.54, 1.807) is 45.0 Å². The van der Waals surface area contributed by atoms with Gasteiger partial charge < -0.3 is 14.8 Å². The molecule has 0 radical (unpaired) electrons. The summed E-state index contributed by atoms with van der Waals surface area (Å²) in [6, 6.07) is 7.71. The van der Waals surface area contributed by atoms with E-state index in [1.807, 2.05) is 0 Å². The maximum atomic E-state index is 13.8. The third-order valence-electron chi connectivity index (χ3n) is 4.00. The van der Waals surface area contributed by atoms with Gasteiger partial charge in [-0.2, -0.15) is 0 Å². The molecule has 0 saturated carbocycles. The first-order valence-electron chi connectivity index (χ1n) is 9.16. The lowest BCUT2D eigenvalue weighted by atomic mass is 10.0. The van der Waals surface area contributed by atoms with Crippen LogP contribution in [-0.2, 0) is 20.7 Å². The molecule has 0 aliphatic rings. The van der Waals surface area contributed by atoms with Crippen molar-refractivity contribution < 1.29 is 32.6 Å². The van der Waals surface area contributed by atoms with Crippen LogP contribution in [0.4, 0.5) is 8.78 Å². The number of rotatable bonds is 6. The van der Waals surface area contributed by atoms with Gasteiger partial charge in [0.2, 0.25) is 0 Å². The molecule has 0 bridgehead atoms. The van der Waals surface area contributed by atoms with Gasteiger partial charge in [0.1, 0.15) is 23.3 Å². The molecule has 0 aliphatic heterocycles. The van der Waals surface area contributed by atoms with E-state index in [0.717, 1.165) is 19.2 Å². The van der Waals surface area contributed by atoms with E-state index in [0.29, 0.717) is 17.2 Å². The van der Waals surface area contributed by atoms with E-state index in [-0.39, 0.29) is 6.42 Å².